The summed E-state index contributed by atoms with van der Waals surface area (Å²) in [4.78, 5) is 23.2. The smallest absolute Gasteiger partial charge is 0.330 e. The summed E-state index contributed by atoms with van der Waals surface area (Å²) in [7, 11) is 1.28. The lowest BCUT2D eigenvalue weighted by Crippen LogP contribution is -2.50. The van der Waals surface area contributed by atoms with E-state index < -0.39 is 11.5 Å². The molecule has 0 fully saturated rings. The molecule has 0 saturated heterocycles. The molecule has 0 bridgehead atoms. The Morgan fingerprint density at radius 2 is 1.94 bits per heavy atom. The summed E-state index contributed by atoms with van der Waals surface area (Å²) in [6, 6.07) is 7.09. The van der Waals surface area contributed by atoms with Gasteiger partial charge in [0.2, 0.25) is 5.91 Å². The highest BCUT2D eigenvalue weighted by atomic mass is 35.5. The maximum atomic E-state index is 11.8. The number of nitrogens with one attached hydrogen (secondary N) is 1. The second kappa shape index (κ2) is 5.87. The summed E-state index contributed by atoms with van der Waals surface area (Å²) < 4.78 is 4.61. The van der Waals surface area contributed by atoms with Crippen LogP contribution in [0.1, 0.15) is 19.4 Å². The molecule has 1 aromatic rings. The van der Waals surface area contributed by atoms with E-state index in [4.69, 9.17) is 11.6 Å². The summed E-state index contributed by atoms with van der Waals surface area (Å²) in [6.07, 6.45) is 0.125. The van der Waals surface area contributed by atoms with Gasteiger partial charge in [0.05, 0.1) is 13.5 Å². The minimum Gasteiger partial charge on any atom is -0.467 e. The first-order chi connectivity index (χ1) is 8.36. The van der Waals surface area contributed by atoms with E-state index in [1.165, 1.54) is 7.11 Å². The van der Waals surface area contributed by atoms with E-state index in [1.54, 1.807) is 38.1 Å². The van der Waals surface area contributed by atoms with Crippen molar-refractivity contribution in [1.29, 1.82) is 0 Å². The quantitative estimate of drug-likeness (QED) is 0.850. The number of carbonyl (C=O) groups excluding carboxylic acids is 2. The average Bonchev–Trinajstić information content (AvgIpc) is 2.30. The molecule has 98 valence electrons. The highest BCUT2D eigenvalue weighted by Crippen LogP contribution is 2.15. The van der Waals surface area contributed by atoms with Gasteiger partial charge in [-0.3, -0.25) is 4.79 Å². The molecule has 0 radical (unpaired) electrons. The first-order valence-electron chi connectivity index (χ1n) is 5.49. The Bertz CT molecular complexity index is 457. The second-order valence-corrected chi connectivity index (χ2v) is 4.84. The predicted molar refractivity (Wildman–Crippen MR) is 69.4 cm³/mol. The first kappa shape index (κ1) is 14.5. The number of ether oxygens (including phenoxy) is 1. The number of rotatable bonds is 4. The van der Waals surface area contributed by atoms with Gasteiger partial charge in [0.15, 0.2) is 0 Å². The molecule has 1 aromatic carbocycles. The van der Waals surface area contributed by atoms with Crippen LogP contribution >= 0.6 is 11.6 Å². The minimum atomic E-state index is -1.05. The number of halogens is 1. The van der Waals surface area contributed by atoms with Crippen molar-refractivity contribution in [1.82, 2.24) is 5.32 Å². The van der Waals surface area contributed by atoms with Gasteiger partial charge in [-0.15, -0.1) is 0 Å². The Labute approximate surface area is 111 Å². The third kappa shape index (κ3) is 3.74. The molecule has 0 aliphatic heterocycles. The number of benzene rings is 1. The first-order valence-corrected chi connectivity index (χ1v) is 5.87. The summed E-state index contributed by atoms with van der Waals surface area (Å²) in [5.41, 5.74) is -0.329. The van der Waals surface area contributed by atoms with Gasteiger partial charge < -0.3 is 10.1 Å². The Morgan fingerprint density at radius 1 is 1.33 bits per heavy atom. The Hall–Kier alpha value is -1.55. The molecule has 0 aromatic heterocycles. The zero-order chi connectivity index (χ0) is 13.8. The van der Waals surface area contributed by atoms with Crippen molar-refractivity contribution in [2.24, 2.45) is 0 Å². The van der Waals surface area contributed by atoms with E-state index in [0.29, 0.717) is 5.02 Å². The second-order valence-electron chi connectivity index (χ2n) is 4.43. The monoisotopic (exact) mass is 269 g/mol. The summed E-state index contributed by atoms with van der Waals surface area (Å²) in [5, 5.41) is 3.14. The van der Waals surface area contributed by atoms with Crippen LogP contribution in [0.3, 0.4) is 0 Å². The van der Waals surface area contributed by atoms with E-state index in [1.807, 2.05) is 0 Å². The van der Waals surface area contributed by atoms with Crippen LogP contribution in [0.5, 0.6) is 0 Å². The summed E-state index contributed by atoms with van der Waals surface area (Å²) >= 11 is 5.96. The summed E-state index contributed by atoms with van der Waals surface area (Å²) in [6.45, 7) is 3.17. The molecule has 0 heterocycles. The van der Waals surface area contributed by atoms with Gasteiger partial charge in [-0.1, -0.05) is 29.8 Å². The molecule has 4 nitrogen and oxygen atoms in total. The minimum absolute atomic E-state index is 0.125. The van der Waals surface area contributed by atoms with Crippen LogP contribution in [0, 0.1) is 0 Å². The molecule has 0 aliphatic carbocycles. The van der Waals surface area contributed by atoms with Gasteiger partial charge in [-0.2, -0.15) is 0 Å². The van der Waals surface area contributed by atoms with E-state index in [2.05, 4.69) is 10.1 Å². The van der Waals surface area contributed by atoms with Crippen LogP contribution in [-0.4, -0.2) is 24.5 Å². The molecule has 1 N–H and O–H groups in total. The molecule has 1 rings (SSSR count). The van der Waals surface area contributed by atoms with E-state index in [-0.39, 0.29) is 12.3 Å². The van der Waals surface area contributed by atoms with Crippen molar-refractivity contribution < 1.29 is 14.3 Å². The van der Waals surface area contributed by atoms with Gasteiger partial charge in [-0.25, -0.2) is 4.79 Å². The molecular weight excluding hydrogens is 254 g/mol. The van der Waals surface area contributed by atoms with Crippen molar-refractivity contribution in [3.05, 3.63) is 34.9 Å². The maximum absolute atomic E-state index is 11.8. The van der Waals surface area contributed by atoms with Crippen molar-refractivity contribution >= 4 is 23.5 Å². The number of carbonyl (C=O) groups is 2. The Morgan fingerprint density at radius 3 is 2.50 bits per heavy atom. The van der Waals surface area contributed by atoms with Crippen molar-refractivity contribution in [3.63, 3.8) is 0 Å². The number of methoxy groups -OCH3 is 1. The topological polar surface area (TPSA) is 55.4 Å². The number of amides is 1. The highest BCUT2D eigenvalue weighted by molar-refractivity contribution is 6.31. The van der Waals surface area contributed by atoms with Gasteiger partial charge in [0, 0.05) is 5.02 Å². The molecule has 1 amide bonds. The van der Waals surface area contributed by atoms with Crippen LogP contribution in [0.25, 0.3) is 0 Å². The molecule has 18 heavy (non-hydrogen) atoms. The zero-order valence-corrected chi connectivity index (χ0v) is 11.4. The van der Waals surface area contributed by atoms with Crippen LogP contribution in [-0.2, 0) is 20.7 Å². The number of hydrogen-bond donors (Lipinski definition) is 1. The van der Waals surface area contributed by atoms with Gasteiger partial charge >= 0.3 is 5.97 Å². The number of hydrogen-bond acceptors (Lipinski definition) is 3. The predicted octanol–water partition coefficient (Wildman–Crippen LogP) is 1.95. The van der Waals surface area contributed by atoms with Gasteiger partial charge in [0.25, 0.3) is 0 Å². The molecule has 5 heteroatoms. The van der Waals surface area contributed by atoms with Crippen LogP contribution in [0.4, 0.5) is 0 Å². The third-order valence-corrected chi connectivity index (χ3v) is 2.83. The average molecular weight is 270 g/mol. The lowest BCUT2D eigenvalue weighted by Gasteiger charge is -2.23. The molecular formula is C13H16ClNO3. The van der Waals surface area contributed by atoms with E-state index in [0.717, 1.165) is 5.56 Å². The lowest BCUT2D eigenvalue weighted by molar-refractivity contribution is -0.149. The largest absolute Gasteiger partial charge is 0.467 e. The van der Waals surface area contributed by atoms with Crippen molar-refractivity contribution in [2.45, 2.75) is 25.8 Å². The summed E-state index contributed by atoms with van der Waals surface area (Å²) in [5.74, 6) is -0.770. The van der Waals surface area contributed by atoms with Crippen LogP contribution < -0.4 is 5.32 Å². The SMILES string of the molecule is COC(=O)C(C)(C)NC(=O)Cc1ccccc1Cl. The molecule has 0 aliphatic rings. The highest BCUT2D eigenvalue weighted by Gasteiger charge is 2.30. The molecule has 0 spiro atoms. The molecule has 0 unspecified atom stereocenters. The normalized spacial score (nSPS) is 10.9. The third-order valence-electron chi connectivity index (χ3n) is 2.46. The maximum Gasteiger partial charge on any atom is 0.330 e. The standard InChI is InChI=1S/C13H16ClNO3/c1-13(2,12(17)18-3)15-11(16)8-9-6-4-5-7-10(9)14/h4-7H,8H2,1-3H3,(H,15,16). The number of esters is 1. The zero-order valence-electron chi connectivity index (χ0n) is 10.6. The molecule has 0 atom stereocenters. The van der Waals surface area contributed by atoms with Gasteiger partial charge in [-0.05, 0) is 25.5 Å². The van der Waals surface area contributed by atoms with Crippen LogP contribution in [0.15, 0.2) is 24.3 Å². The fourth-order valence-corrected chi connectivity index (χ4v) is 1.72. The Balaban J connectivity index is 2.68. The van der Waals surface area contributed by atoms with Crippen LogP contribution in [0.2, 0.25) is 5.02 Å². The van der Waals surface area contributed by atoms with E-state index in [9.17, 15) is 9.59 Å². The van der Waals surface area contributed by atoms with E-state index >= 15 is 0 Å². The fraction of sp³-hybridized carbons (Fsp3) is 0.385. The molecule has 0 saturated carbocycles. The lowest BCUT2D eigenvalue weighted by atomic mass is 10.0. The van der Waals surface area contributed by atoms with Gasteiger partial charge in [0.1, 0.15) is 5.54 Å². The van der Waals surface area contributed by atoms with Crippen molar-refractivity contribution in [2.75, 3.05) is 7.11 Å². The Kier molecular flexibility index (Phi) is 4.73. The van der Waals surface area contributed by atoms with Crippen molar-refractivity contribution in [3.8, 4) is 0 Å². The fourth-order valence-electron chi connectivity index (χ4n) is 1.51.